The van der Waals surface area contributed by atoms with Crippen molar-refractivity contribution in [2.24, 2.45) is 11.3 Å². The van der Waals surface area contributed by atoms with Crippen molar-refractivity contribution in [1.82, 2.24) is 4.90 Å². The number of hydrogen-bond donors (Lipinski definition) is 0. The van der Waals surface area contributed by atoms with Crippen LogP contribution in [0, 0.1) is 11.3 Å². The molecular formula is C17H33F2N. The first-order chi connectivity index (χ1) is 9.38. The molecule has 3 heteroatoms. The third kappa shape index (κ3) is 3.93. The maximum atomic E-state index is 14.1. The summed E-state index contributed by atoms with van der Waals surface area (Å²) in [5.74, 6) is -2.79. The molecule has 1 saturated heterocycles. The van der Waals surface area contributed by atoms with Crippen molar-refractivity contribution in [3.63, 3.8) is 0 Å². The van der Waals surface area contributed by atoms with Crippen LogP contribution < -0.4 is 0 Å². The zero-order chi connectivity index (χ0) is 15.4. The van der Waals surface area contributed by atoms with Crippen molar-refractivity contribution in [2.75, 3.05) is 13.1 Å². The Morgan fingerprint density at radius 3 is 2.05 bits per heavy atom. The van der Waals surface area contributed by atoms with Crippen LogP contribution in [-0.2, 0) is 0 Å². The van der Waals surface area contributed by atoms with Gasteiger partial charge in [-0.3, -0.25) is 0 Å². The van der Waals surface area contributed by atoms with E-state index in [1.807, 2.05) is 20.8 Å². The number of nitrogens with zero attached hydrogens (tertiary/aromatic N) is 1. The second-order valence-corrected chi connectivity index (χ2v) is 6.71. The highest BCUT2D eigenvalue weighted by Crippen LogP contribution is 2.53. The molecule has 2 aliphatic rings. The van der Waals surface area contributed by atoms with E-state index in [0.717, 1.165) is 38.8 Å². The van der Waals surface area contributed by atoms with Gasteiger partial charge < -0.3 is 4.90 Å². The monoisotopic (exact) mass is 289 g/mol. The van der Waals surface area contributed by atoms with Crippen LogP contribution in [0.4, 0.5) is 8.78 Å². The van der Waals surface area contributed by atoms with Crippen molar-refractivity contribution in [2.45, 2.75) is 85.1 Å². The van der Waals surface area contributed by atoms with Crippen molar-refractivity contribution in [1.29, 1.82) is 0 Å². The molecule has 0 bridgehead atoms. The Morgan fingerprint density at radius 1 is 1.10 bits per heavy atom. The molecular weight excluding hydrogens is 256 g/mol. The van der Waals surface area contributed by atoms with Gasteiger partial charge in [0.15, 0.2) is 0 Å². The Morgan fingerprint density at radius 2 is 1.65 bits per heavy atom. The van der Waals surface area contributed by atoms with Crippen molar-refractivity contribution in [3.05, 3.63) is 0 Å². The second-order valence-electron chi connectivity index (χ2n) is 6.71. The molecule has 2 rings (SSSR count). The number of rotatable bonds is 2. The third-order valence-corrected chi connectivity index (χ3v) is 5.31. The van der Waals surface area contributed by atoms with Crippen LogP contribution in [0.2, 0.25) is 0 Å². The minimum Gasteiger partial charge on any atom is -0.301 e. The van der Waals surface area contributed by atoms with E-state index < -0.39 is 5.92 Å². The summed E-state index contributed by atoms with van der Waals surface area (Å²) in [5, 5.41) is 0. The molecule has 0 radical (unpaired) electrons. The average Bonchev–Trinajstić information content (AvgIpc) is 2.40. The van der Waals surface area contributed by atoms with Gasteiger partial charge in [0.05, 0.1) is 0 Å². The lowest BCUT2D eigenvalue weighted by Crippen LogP contribution is -2.49. The summed E-state index contributed by atoms with van der Waals surface area (Å²) in [6, 6.07) is 0.551. The minimum atomic E-state index is -2.42. The van der Waals surface area contributed by atoms with Gasteiger partial charge in [-0.2, -0.15) is 0 Å². The summed E-state index contributed by atoms with van der Waals surface area (Å²) in [7, 11) is 0. The van der Waals surface area contributed by atoms with Gasteiger partial charge in [-0.05, 0) is 64.5 Å². The van der Waals surface area contributed by atoms with Gasteiger partial charge >= 0.3 is 0 Å². The zero-order valence-corrected chi connectivity index (χ0v) is 14.0. The Labute approximate surface area is 124 Å². The fourth-order valence-electron chi connectivity index (χ4n) is 3.87. The highest BCUT2D eigenvalue weighted by Gasteiger charge is 2.51. The van der Waals surface area contributed by atoms with Crippen LogP contribution in [-0.4, -0.2) is 30.0 Å². The lowest BCUT2D eigenvalue weighted by atomic mass is 9.63. The third-order valence-electron chi connectivity index (χ3n) is 5.31. The van der Waals surface area contributed by atoms with Crippen LogP contribution in [0.15, 0.2) is 0 Å². The summed E-state index contributed by atoms with van der Waals surface area (Å²) < 4.78 is 28.3. The molecule has 1 aliphatic carbocycles. The Bertz CT molecular complexity index is 281. The van der Waals surface area contributed by atoms with Crippen LogP contribution in [0.25, 0.3) is 0 Å². The van der Waals surface area contributed by atoms with E-state index in [-0.39, 0.29) is 17.8 Å². The molecule has 0 aromatic carbocycles. The maximum Gasteiger partial charge on any atom is 0.251 e. The molecule has 0 N–H and O–H groups in total. The van der Waals surface area contributed by atoms with Crippen molar-refractivity contribution in [3.8, 4) is 0 Å². The molecule has 1 saturated carbocycles. The van der Waals surface area contributed by atoms with E-state index in [0.29, 0.717) is 12.5 Å². The molecule has 0 aromatic heterocycles. The van der Waals surface area contributed by atoms with Crippen molar-refractivity contribution < 1.29 is 8.78 Å². The van der Waals surface area contributed by atoms with Gasteiger partial charge in [0.2, 0.25) is 0 Å². The van der Waals surface area contributed by atoms with Crippen LogP contribution >= 0.6 is 0 Å². The van der Waals surface area contributed by atoms with Crippen LogP contribution in [0.1, 0.15) is 73.1 Å². The number of hydrogen-bond acceptors (Lipinski definition) is 1. The number of halogens is 2. The Kier molecular flexibility index (Phi) is 6.43. The molecule has 1 atom stereocenters. The molecule has 1 aliphatic heterocycles. The lowest BCUT2D eigenvalue weighted by molar-refractivity contribution is -0.141. The van der Waals surface area contributed by atoms with Gasteiger partial charge in [-0.15, -0.1) is 0 Å². The summed E-state index contributed by atoms with van der Waals surface area (Å²) in [4.78, 5) is 2.43. The zero-order valence-electron chi connectivity index (χ0n) is 14.0. The van der Waals surface area contributed by atoms with Gasteiger partial charge in [0.1, 0.15) is 0 Å². The van der Waals surface area contributed by atoms with E-state index in [2.05, 4.69) is 18.7 Å². The second kappa shape index (κ2) is 7.20. The van der Waals surface area contributed by atoms with E-state index in [4.69, 9.17) is 0 Å². The smallest absolute Gasteiger partial charge is 0.251 e. The van der Waals surface area contributed by atoms with Crippen LogP contribution in [0.3, 0.4) is 0 Å². The summed E-state index contributed by atoms with van der Waals surface area (Å²) in [6.07, 6.45) is 4.46. The van der Waals surface area contributed by atoms with Gasteiger partial charge in [-0.1, -0.05) is 20.8 Å². The lowest BCUT2D eigenvalue weighted by Gasteiger charge is -2.49. The van der Waals surface area contributed by atoms with Crippen molar-refractivity contribution >= 4 is 0 Å². The number of alkyl halides is 2. The Balaban J connectivity index is 0.000000956. The largest absolute Gasteiger partial charge is 0.301 e. The standard InChI is InChI=1S/C15H27F2N.C2H6/c1-4-13-5-6-14(11-15(13,16)17)7-9-18(10-8-14)12(2)3;1-2/h12-13H,4-11H2,1-3H3;1-2H3. The SMILES string of the molecule is CC.CCC1CCC2(CCN(C(C)C)CC2)CC1(F)F. The van der Waals surface area contributed by atoms with E-state index >= 15 is 0 Å². The summed E-state index contributed by atoms with van der Waals surface area (Å²) in [5.41, 5.74) is -0.0550. The fraction of sp³-hybridized carbons (Fsp3) is 1.00. The molecule has 1 nitrogen and oxygen atoms in total. The van der Waals surface area contributed by atoms with Crippen LogP contribution in [0.5, 0.6) is 0 Å². The molecule has 1 heterocycles. The number of likely N-dealkylation sites (tertiary alicyclic amines) is 1. The first-order valence-electron chi connectivity index (χ1n) is 8.50. The fourth-order valence-corrected chi connectivity index (χ4v) is 3.87. The molecule has 120 valence electrons. The van der Waals surface area contributed by atoms with E-state index in [9.17, 15) is 8.78 Å². The molecule has 0 aromatic rings. The highest BCUT2D eigenvalue weighted by atomic mass is 19.3. The first kappa shape index (κ1) is 17.9. The predicted molar refractivity (Wildman–Crippen MR) is 82.3 cm³/mol. The molecule has 0 amide bonds. The van der Waals surface area contributed by atoms with Gasteiger partial charge in [-0.25, -0.2) is 8.78 Å². The maximum absolute atomic E-state index is 14.1. The molecule has 2 fully saturated rings. The Hall–Kier alpha value is -0.180. The highest BCUT2D eigenvalue weighted by molar-refractivity contribution is 4.97. The minimum absolute atomic E-state index is 0.0550. The first-order valence-corrected chi connectivity index (χ1v) is 8.50. The van der Waals surface area contributed by atoms with E-state index in [1.54, 1.807) is 0 Å². The normalized spacial score (nSPS) is 29.1. The quantitative estimate of drug-likeness (QED) is 0.662. The average molecular weight is 289 g/mol. The summed E-state index contributed by atoms with van der Waals surface area (Å²) >= 11 is 0. The predicted octanol–water partition coefficient (Wildman–Crippen LogP) is 5.35. The molecule has 1 spiro atoms. The topological polar surface area (TPSA) is 3.24 Å². The van der Waals surface area contributed by atoms with Gasteiger partial charge in [0, 0.05) is 18.4 Å². The van der Waals surface area contributed by atoms with E-state index in [1.165, 1.54) is 0 Å². The molecule has 20 heavy (non-hydrogen) atoms. The van der Waals surface area contributed by atoms with Gasteiger partial charge in [0.25, 0.3) is 5.92 Å². The number of piperidine rings is 1. The molecule has 1 unspecified atom stereocenters. The summed E-state index contributed by atoms with van der Waals surface area (Å²) in [6.45, 7) is 12.3.